The van der Waals surface area contributed by atoms with Crippen LogP contribution in [0.3, 0.4) is 0 Å². The Kier molecular flexibility index (Phi) is 7.44. The first-order valence-electron chi connectivity index (χ1n) is 9.28. The van der Waals surface area contributed by atoms with Gasteiger partial charge in [0.05, 0.1) is 22.3 Å². The summed E-state index contributed by atoms with van der Waals surface area (Å²) in [6, 6.07) is 17.6. The molecule has 3 rings (SSSR count). The van der Waals surface area contributed by atoms with Crippen molar-refractivity contribution in [1.82, 2.24) is 9.88 Å². The van der Waals surface area contributed by atoms with Crippen LogP contribution >= 0.6 is 23.2 Å². The molecule has 0 aliphatic carbocycles. The van der Waals surface area contributed by atoms with Gasteiger partial charge in [0, 0.05) is 18.3 Å². The van der Waals surface area contributed by atoms with Gasteiger partial charge < -0.3 is 9.64 Å². The number of Topliss-reactive ketones (excluding diaryl/α,β-unsaturated/α-hetero) is 1. The quantitative estimate of drug-likeness (QED) is 0.449. The van der Waals surface area contributed by atoms with Crippen LogP contribution in [0.1, 0.15) is 28.5 Å². The third-order valence-electron chi connectivity index (χ3n) is 4.39. The number of ketones is 1. The van der Waals surface area contributed by atoms with Crippen molar-refractivity contribution < 1.29 is 14.3 Å². The monoisotopic (exact) mass is 442 g/mol. The van der Waals surface area contributed by atoms with Crippen LogP contribution in [0.25, 0.3) is 0 Å². The molecule has 154 valence electrons. The van der Waals surface area contributed by atoms with Crippen molar-refractivity contribution in [3.8, 4) is 5.75 Å². The Hall–Kier alpha value is -2.89. The number of benzene rings is 2. The number of aromatic nitrogens is 1. The molecule has 7 heteroatoms. The molecule has 0 N–H and O–H groups in total. The number of carbonyl (C=O) groups excluding carboxylic acids is 2. The first-order valence-corrected chi connectivity index (χ1v) is 10.0. The van der Waals surface area contributed by atoms with Crippen LogP contribution in [0.2, 0.25) is 10.0 Å². The van der Waals surface area contributed by atoms with Gasteiger partial charge in [-0.15, -0.1) is 0 Å². The number of amides is 1. The number of halogens is 2. The zero-order chi connectivity index (χ0) is 21.5. The number of carbonyl (C=O) groups is 2. The molecule has 0 atom stereocenters. The van der Waals surface area contributed by atoms with E-state index in [1.165, 1.54) is 6.92 Å². The highest BCUT2D eigenvalue weighted by Crippen LogP contribution is 2.23. The summed E-state index contributed by atoms with van der Waals surface area (Å²) in [6.45, 7) is 1.95. The molecular weight excluding hydrogens is 423 g/mol. The zero-order valence-corrected chi connectivity index (χ0v) is 17.9. The number of pyridine rings is 1. The van der Waals surface area contributed by atoms with Crippen molar-refractivity contribution in [3.63, 3.8) is 0 Å². The minimum atomic E-state index is -0.222. The minimum Gasteiger partial charge on any atom is -0.484 e. The van der Waals surface area contributed by atoms with Crippen molar-refractivity contribution in [2.45, 2.75) is 20.0 Å². The lowest BCUT2D eigenvalue weighted by molar-refractivity contribution is -0.134. The van der Waals surface area contributed by atoms with Gasteiger partial charge in [0.1, 0.15) is 5.75 Å². The standard InChI is InChI=1S/C23H20Cl2N2O3/c1-16(28)18-5-4-7-20(12-18)30-15-23(29)27(14-19-6-2-3-10-26-19)13-17-8-9-21(24)22(25)11-17/h2-12H,13-15H2,1H3. The van der Waals surface area contributed by atoms with E-state index >= 15 is 0 Å². The topological polar surface area (TPSA) is 59.5 Å². The number of rotatable bonds is 8. The van der Waals surface area contributed by atoms with Crippen LogP contribution in [0.5, 0.6) is 5.75 Å². The van der Waals surface area contributed by atoms with E-state index in [-0.39, 0.29) is 18.3 Å². The van der Waals surface area contributed by atoms with E-state index in [0.717, 1.165) is 11.3 Å². The molecule has 2 aromatic carbocycles. The average molecular weight is 443 g/mol. The van der Waals surface area contributed by atoms with E-state index < -0.39 is 0 Å². The fourth-order valence-corrected chi connectivity index (χ4v) is 3.14. The second-order valence-corrected chi connectivity index (χ2v) is 7.51. The van der Waals surface area contributed by atoms with Crippen LogP contribution in [0.15, 0.2) is 66.9 Å². The molecule has 0 saturated carbocycles. The van der Waals surface area contributed by atoms with E-state index in [1.807, 2.05) is 24.3 Å². The van der Waals surface area contributed by atoms with Crippen molar-refractivity contribution in [2.24, 2.45) is 0 Å². The van der Waals surface area contributed by atoms with Crippen molar-refractivity contribution >= 4 is 34.9 Å². The van der Waals surface area contributed by atoms with Gasteiger partial charge in [-0.2, -0.15) is 0 Å². The predicted octanol–water partition coefficient (Wildman–Crippen LogP) is 5.20. The summed E-state index contributed by atoms with van der Waals surface area (Å²) in [7, 11) is 0. The lowest BCUT2D eigenvalue weighted by atomic mass is 10.1. The number of nitrogens with zero attached hydrogens (tertiary/aromatic N) is 2. The number of hydrogen-bond donors (Lipinski definition) is 0. The molecule has 0 saturated heterocycles. The fraction of sp³-hybridized carbons (Fsp3) is 0.174. The lowest BCUT2D eigenvalue weighted by Gasteiger charge is -2.23. The Morgan fingerprint density at radius 3 is 2.50 bits per heavy atom. The Labute approximate surface area is 185 Å². The Balaban J connectivity index is 1.74. The fourth-order valence-electron chi connectivity index (χ4n) is 2.82. The zero-order valence-electron chi connectivity index (χ0n) is 16.3. The summed E-state index contributed by atoms with van der Waals surface area (Å²) in [4.78, 5) is 30.4. The largest absolute Gasteiger partial charge is 0.484 e. The molecule has 0 radical (unpaired) electrons. The van der Waals surface area contributed by atoms with Crippen molar-refractivity contribution in [2.75, 3.05) is 6.61 Å². The summed E-state index contributed by atoms with van der Waals surface area (Å²) >= 11 is 12.1. The average Bonchev–Trinajstić information content (AvgIpc) is 2.75. The van der Waals surface area contributed by atoms with Gasteiger partial charge in [-0.3, -0.25) is 14.6 Å². The first-order chi connectivity index (χ1) is 14.4. The van der Waals surface area contributed by atoms with Crippen LogP contribution < -0.4 is 4.74 Å². The maximum absolute atomic E-state index is 12.9. The molecule has 1 amide bonds. The van der Waals surface area contributed by atoms with Crippen LogP contribution in [-0.4, -0.2) is 28.2 Å². The minimum absolute atomic E-state index is 0.0665. The second kappa shape index (κ2) is 10.2. The Bertz CT molecular complexity index is 1040. The summed E-state index contributed by atoms with van der Waals surface area (Å²) in [5, 5.41) is 0.883. The molecule has 0 aliphatic rings. The molecule has 0 aliphatic heterocycles. The number of ether oxygens (including phenoxy) is 1. The highest BCUT2D eigenvalue weighted by Gasteiger charge is 2.17. The second-order valence-electron chi connectivity index (χ2n) is 6.69. The lowest BCUT2D eigenvalue weighted by Crippen LogP contribution is -2.34. The summed E-state index contributed by atoms with van der Waals surface area (Å²) < 4.78 is 5.65. The summed E-state index contributed by atoms with van der Waals surface area (Å²) in [5.74, 6) is 0.173. The summed E-state index contributed by atoms with van der Waals surface area (Å²) in [5.41, 5.74) is 2.12. The Morgan fingerprint density at radius 1 is 0.967 bits per heavy atom. The number of hydrogen-bond acceptors (Lipinski definition) is 4. The van der Waals surface area contributed by atoms with Gasteiger partial charge in [0.15, 0.2) is 12.4 Å². The van der Waals surface area contributed by atoms with Gasteiger partial charge in [0.2, 0.25) is 0 Å². The highest BCUT2D eigenvalue weighted by molar-refractivity contribution is 6.42. The molecule has 1 aromatic heterocycles. The van der Waals surface area contributed by atoms with Crippen molar-refractivity contribution in [3.05, 3.63) is 93.7 Å². The maximum Gasteiger partial charge on any atom is 0.261 e. The molecule has 1 heterocycles. The van der Waals surface area contributed by atoms with Crippen molar-refractivity contribution in [1.29, 1.82) is 0 Å². The first kappa shape index (κ1) is 21.8. The van der Waals surface area contributed by atoms with Gasteiger partial charge >= 0.3 is 0 Å². The van der Waals surface area contributed by atoms with E-state index in [9.17, 15) is 9.59 Å². The molecule has 0 bridgehead atoms. The van der Waals surface area contributed by atoms with Crippen LogP contribution in [0, 0.1) is 0 Å². The summed E-state index contributed by atoms with van der Waals surface area (Å²) in [6.07, 6.45) is 1.68. The van der Waals surface area contributed by atoms with E-state index in [2.05, 4.69) is 4.98 Å². The van der Waals surface area contributed by atoms with Crippen LogP contribution in [0.4, 0.5) is 0 Å². The molecule has 5 nitrogen and oxygen atoms in total. The van der Waals surface area contributed by atoms with E-state index in [1.54, 1.807) is 47.5 Å². The van der Waals surface area contributed by atoms with E-state index in [4.69, 9.17) is 27.9 Å². The van der Waals surface area contributed by atoms with Crippen LogP contribution in [-0.2, 0) is 17.9 Å². The maximum atomic E-state index is 12.9. The highest BCUT2D eigenvalue weighted by atomic mass is 35.5. The molecule has 30 heavy (non-hydrogen) atoms. The SMILES string of the molecule is CC(=O)c1cccc(OCC(=O)N(Cc2ccc(Cl)c(Cl)c2)Cc2ccccn2)c1. The smallest absolute Gasteiger partial charge is 0.261 e. The molecule has 0 fully saturated rings. The molecular formula is C23H20Cl2N2O3. The molecule has 0 spiro atoms. The van der Waals surface area contributed by atoms with Gasteiger partial charge in [0.25, 0.3) is 5.91 Å². The Morgan fingerprint density at radius 2 is 1.80 bits per heavy atom. The third kappa shape index (κ3) is 6.05. The molecule has 3 aromatic rings. The van der Waals surface area contributed by atoms with Gasteiger partial charge in [-0.05, 0) is 48.9 Å². The normalized spacial score (nSPS) is 10.5. The van der Waals surface area contributed by atoms with E-state index in [0.29, 0.717) is 34.4 Å². The predicted molar refractivity (Wildman–Crippen MR) is 117 cm³/mol. The molecule has 0 unspecified atom stereocenters. The third-order valence-corrected chi connectivity index (χ3v) is 5.13. The van der Waals surface area contributed by atoms with Gasteiger partial charge in [-0.1, -0.05) is 47.5 Å². The van der Waals surface area contributed by atoms with Gasteiger partial charge in [-0.25, -0.2) is 0 Å².